The molecule has 0 spiro atoms. The summed E-state index contributed by atoms with van der Waals surface area (Å²) in [5.74, 6) is -3.18. The lowest BCUT2D eigenvalue weighted by Crippen LogP contribution is -2.52. The standard InChI is InChI=1S/C31H30N6O8/c38-24(32-20-6-1-4-16-18(20)14-36(30(16)44)22-10-12-26(40)34-28(22)42)8-3-9-25(39)33-21-7-2-5-17-19(21)15-37(31(17)45)23-11-13-27(41)35-29(23)43/h1-2,4-7,22-23H,3,8-15H2,(H,32,38)(H,33,39)(H,34,40,42)(H,35,41,43). The largest absolute Gasteiger partial charge is 0.326 e. The first-order chi connectivity index (χ1) is 21.6. The highest BCUT2D eigenvalue weighted by Crippen LogP contribution is 2.34. The van der Waals surface area contributed by atoms with E-state index in [0.717, 1.165) is 0 Å². The Bertz CT molecular complexity index is 1560. The quantitative estimate of drug-likeness (QED) is 0.316. The van der Waals surface area contributed by atoms with Crippen LogP contribution >= 0.6 is 0 Å². The van der Waals surface area contributed by atoms with Crippen LogP contribution in [0.1, 0.15) is 76.8 Å². The van der Waals surface area contributed by atoms with Crippen LogP contribution in [0.25, 0.3) is 0 Å². The summed E-state index contributed by atoms with van der Waals surface area (Å²) in [5.41, 5.74) is 2.79. The Kier molecular flexibility index (Phi) is 7.87. The number of imide groups is 2. The maximum atomic E-state index is 13.0. The Balaban J connectivity index is 1.02. The summed E-state index contributed by atoms with van der Waals surface area (Å²) in [4.78, 5) is 102. The van der Waals surface area contributed by atoms with Gasteiger partial charge in [0.2, 0.25) is 35.4 Å². The van der Waals surface area contributed by atoms with Gasteiger partial charge in [0.25, 0.3) is 11.8 Å². The molecular weight excluding hydrogens is 584 g/mol. The Morgan fingerprint density at radius 1 is 0.667 bits per heavy atom. The van der Waals surface area contributed by atoms with Crippen LogP contribution in [0, 0.1) is 0 Å². The molecule has 2 aromatic rings. The van der Waals surface area contributed by atoms with E-state index in [-0.39, 0.29) is 93.5 Å². The first kappa shape index (κ1) is 29.7. The van der Waals surface area contributed by atoms with Crippen LogP contribution in [0.2, 0.25) is 0 Å². The Hall–Kier alpha value is -5.40. The second-order valence-corrected chi connectivity index (χ2v) is 11.4. The van der Waals surface area contributed by atoms with Gasteiger partial charge in [-0.1, -0.05) is 12.1 Å². The molecular formula is C31H30N6O8. The monoisotopic (exact) mass is 614 g/mol. The third-order valence-corrected chi connectivity index (χ3v) is 8.52. The van der Waals surface area contributed by atoms with E-state index in [4.69, 9.17) is 0 Å². The van der Waals surface area contributed by atoms with E-state index in [9.17, 15) is 38.4 Å². The number of nitrogens with one attached hydrogen (secondary N) is 4. The normalized spacial score (nSPS) is 20.9. The first-order valence-electron chi connectivity index (χ1n) is 14.7. The molecule has 4 aliphatic heterocycles. The highest BCUT2D eigenvalue weighted by atomic mass is 16.2. The predicted molar refractivity (Wildman–Crippen MR) is 156 cm³/mol. The van der Waals surface area contributed by atoms with Crippen molar-refractivity contribution in [3.8, 4) is 0 Å². The van der Waals surface area contributed by atoms with Crippen molar-refractivity contribution in [3.63, 3.8) is 0 Å². The van der Waals surface area contributed by atoms with E-state index in [1.165, 1.54) is 9.80 Å². The van der Waals surface area contributed by atoms with Gasteiger partial charge in [0, 0.05) is 72.4 Å². The molecule has 4 heterocycles. The van der Waals surface area contributed by atoms with Gasteiger partial charge in [-0.2, -0.15) is 0 Å². The molecule has 6 rings (SSSR count). The van der Waals surface area contributed by atoms with Crippen LogP contribution in [-0.4, -0.2) is 69.1 Å². The minimum atomic E-state index is -0.769. The molecule has 0 aromatic heterocycles. The summed E-state index contributed by atoms with van der Waals surface area (Å²) >= 11 is 0. The van der Waals surface area contributed by atoms with Gasteiger partial charge in [0.15, 0.2) is 0 Å². The van der Waals surface area contributed by atoms with E-state index in [0.29, 0.717) is 33.6 Å². The zero-order chi connectivity index (χ0) is 31.8. The van der Waals surface area contributed by atoms with Gasteiger partial charge in [0.05, 0.1) is 0 Å². The third kappa shape index (κ3) is 5.78. The lowest BCUT2D eigenvalue weighted by atomic mass is 10.0. The summed E-state index contributed by atoms with van der Waals surface area (Å²) < 4.78 is 0. The van der Waals surface area contributed by atoms with Gasteiger partial charge in [0.1, 0.15) is 12.1 Å². The van der Waals surface area contributed by atoms with Gasteiger partial charge in [-0.15, -0.1) is 0 Å². The molecule has 4 aliphatic rings. The average Bonchev–Trinajstić information content (AvgIpc) is 3.51. The van der Waals surface area contributed by atoms with Crippen molar-refractivity contribution in [2.75, 3.05) is 10.6 Å². The van der Waals surface area contributed by atoms with Crippen molar-refractivity contribution in [2.45, 2.75) is 70.1 Å². The molecule has 232 valence electrons. The maximum Gasteiger partial charge on any atom is 0.255 e. The molecule has 2 unspecified atom stereocenters. The lowest BCUT2D eigenvalue weighted by Gasteiger charge is -2.29. The molecule has 0 radical (unpaired) electrons. The Labute approximate surface area is 256 Å². The second kappa shape index (κ2) is 11.9. The minimum Gasteiger partial charge on any atom is -0.326 e. The fourth-order valence-corrected chi connectivity index (χ4v) is 6.24. The van der Waals surface area contributed by atoms with E-state index < -0.39 is 23.9 Å². The zero-order valence-corrected chi connectivity index (χ0v) is 24.1. The van der Waals surface area contributed by atoms with E-state index in [2.05, 4.69) is 21.3 Å². The van der Waals surface area contributed by atoms with Crippen LogP contribution < -0.4 is 21.3 Å². The van der Waals surface area contributed by atoms with Gasteiger partial charge >= 0.3 is 0 Å². The number of rotatable bonds is 8. The number of carbonyl (C=O) groups excluding carboxylic acids is 8. The van der Waals surface area contributed by atoms with Crippen molar-refractivity contribution in [1.82, 2.24) is 20.4 Å². The van der Waals surface area contributed by atoms with Crippen LogP contribution in [-0.2, 0) is 41.9 Å². The maximum absolute atomic E-state index is 13.0. The Morgan fingerprint density at radius 3 is 1.49 bits per heavy atom. The van der Waals surface area contributed by atoms with Gasteiger partial charge in [-0.3, -0.25) is 49.0 Å². The third-order valence-electron chi connectivity index (χ3n) is 8.52. The molecule has 2 aromatic carbocycles. The lowest BCUT2D eigenvalue weighted by molar-refractivity contribution is -0.138. The average molecular weight is 615 g/mol. The molecule has 0 bridgehead atoms. The fourth-order valence-electron chi connectivity index (χ4n) is 6.24. The number of benzene rings is 2. The number of anilines is 2. The highest BCUT2D eigenvalue weighted by Gasteiger charge is 2.41. The fraction of sp³-hybridized carbons (Fsp3) is 0.355. The predicted octanol–water partition coefficient (Wildman–Crippen LogP) is 0.956. The SMILES string of the molecule is O=C1CCC(N2Cc3c(NC(=O)CCCC(=O)Nc4cccc5c4CN(C4CCC(=O)NC4=O)C5=O)cccc3C2=O)C(=O)N1. The summed E-state index contributed by atoms with van der Waals surface area (Å²) in [6, 6.07) is 8.32. The first-order valence-corrected chi connectivity index (χ1v) is 14.7. The number of amides is 8. The van der Waals surface area contributed by atoms with Gasteiger partial charge in [-0.25, -0.2) is 0 Å². The van der Waals surface area contributed by atoms with Crippen molar-refractivity contribution in [2.24, 2.45) is 0 Å². The summed E-state index contributed by atoms with van der Waals surface area (Å²) in [6.45, 7) is 0.231. The zero-order valence-electron chi connectivity index (χ0n) is 24.1. The summed E-state index contributed by atoms with van der Waals surface area (Å²) in [6.07, 6.45) is 1.01. The molecule has 0 aliphatic carbocycles. The topological polar surface area (TPSA) is 191 Å². The van der Waals surface area contributed by atoms with E-state index >= 15 is 0 Å². The number of hydrogen-bond acceptors (Lipinski definition) is 8. The molecule has 14 nitrogen and oxygen atoms in total. The number of hydrogen-bond donors (Lipinski definition) is 4. The molecule has 2 saturated heterocycles. The summed E-state index contributed by atoms with van der Waals surface area (Å²) in [5, 5.41) is 10.1. The molecule has 14 heteroatoms. The number of piperidine rings is 2. The molecule has 4 N–H and O–H groups in total. The van der Waals surface area contributed by atoms with Crippen molar-refractivity contribution < 1.29 is 38.4 Å². The minimum absolute atomic E-state index is 0.0244. The molecule has 0 saturated carbocycles. The molecule has 8 amide bonds. The number of fused-ring (bicyclic) bond motifs is 2. The molecule has 45 heavy (non-hydrogen) atoms. The number of nitrogens with zero attached hydrogens (tertiary/aromatic N) is 2. The highest BCUT2D eigenvalue weighted by molar-refractivity contribution is 6.08. The van der Waals surface area contributed by atoms with Crippen LogP contribution in [0.5, 0.6) is 0 Å². The number of carbonyl (C=O) groups is 8. The smallest absolute Gasteiger partial charge is 0.255 e. The summed E-state index contributed by atoms with van der Waals surface area (Å²) in [7, 11) is 0. The van der Waals surface area contributed by atoms with E-state index in [1.807, 2.05) is 0 Å². The van der Waals surface area contributed by atoms with E-state index in [1.54, 1.807) is 36.4 Å². The van der Waals surface area contributed by atoms with Crippen LogP contribution in [0.15, 0.2) is 36.4 Å². The van der Waals surface area contributed by atoms with Gasteiger partial charge in [-0.05, 0) is 43.5 Å². The molecule has 2 atom stereocenters. The van der Waals surface area contributed by atoms with Crippen molar-refractivity contribution >= 4 is 58.6 Å². The van der Waals surface area contributed by atoms with Crippen LogP contribution in [0.3, 0.4) is 0 Å². The Morgan fingerprint density at radius 2 is 1.09 bits per heavy atom. The van der Waals surface area contributed by atoms with Crippen LogP contribution in [0.4, 0.5) is 11.4 Å². The van der Waals surface area contributed by atoms with Crippen molar-refractivity contribution in [3.05, 3.63) is 58.7 Å². The van der Waals surface area contributed by atoms with Gasteiger partial charge < -0.3 is 20.4 Å². The van der Waals surface area contributed by atoms with Crippen molar-refractivity contribution in [1.29, 1.82) is 0 Å². The second-order valence-electron chi connectivity index (χ2n) is 11.4. The molecule has 2 fully saturated rings.